The van der Waals surface area contributed by atoms with E-state index in [9.17, 15) is 0 Å². The van der Waals surface area contributed by atoms with Crippen molar-refractivity contribution in [3.05, 3.63) is 45.7 Å². The number of pyridine rings is 1. The Labute approximate surface area is 155 Å². The second-order valence-electron chi connectivity index (χ2n) is 6.78. The molecule has 0 aromatic carbocycles. The third-order valence-corrected chi connectivity index (χ3v) is 5.48. The van der Waals surface area contributed by atoms with Crippen LogP contribution in [0, 0.1) is 26.7 Å². The quantitative estimate of drug-likeness (QED) is 0.631. The number of fused-ring (bicyclic) bond motifs is 1. The molecule has 3 aromatic rings. The highest BCUT2D eigenvalue weighted by molar-refractivity contribution is 9.10. The van der Waals surface area contributed by atoms with Crippen molar-refractivity contribution in [1.29, 1.82) is 0 Å². The van der Waals surface area contributed by atoms with Gasteiger partial charge in [0.1, 0.15) is 10.4 Å². The van der Waals surface area contributed by atoms with Crippen LogP contribution in [0.1, 0.15) is 29.2 Å². The molecule has 0 saturated carbocycles. The molecule has 1 unspecified atom stereocenters. The maximum absolute atomic E-state index is 4.65. The molecular formula is C18H21BrN6. The van der Waals surface area contributed by atoms with E-state index in [0.717, 1.165) is 41.3 Å². The van der Waals surface area contributed by atoms with Crippen LogP contribution in [0.2, 0.25) is 0 Å². The van der Waals surface area contributed by atoms with E-state index in [1.54, 1.807) is 0 Å². The van der Waals surface area contributed by atoms with Gasteiger partial charge in [0.05, 0.1) is 11.9 Å². The van der Waals surface area contributed by atoms with Gasteiger partial charge in [-0.05, 0) is 73.2 Å². The van der Waals surface area contributed by atoms with Crippen molar-refractivity contribution < 1.29 is 0 Å². The predicted molar refractivity (Wildman–Crippen MR) is 101 cm³/mol. The summed E-state index contributed by atoms with van der Waals surface area (Å²) in [5.41, 5.74) is 4.73. The Morgan fingerprint density at radius 2 is 2.04 bits per heavy atom. The number of nitrogens with zero attached hydrogens (tertiary/aromatic N) is 6. The first kappa shape index (κ1) is 16.4. The van der Waals surface area contributed by atoms with Gasteiger partial charge in [0.25, 0.3) is 5.78 Å². The van der Waals surface area contributed by atoms with Crippen LogP contribution in [-0.4, -0.2) is 37.7 Å². The Balaban J connectivity index is 1.55. The molecule has 1 aliphatic rings. The summed E-state index contributed by atoms with van der Waals surface area (Å²) in [6, 6.07) is 4.13. The van der Waals surface area contributed by atoms with E-state index in [1.807, 2.05) is 23.7 Å². The molecular weight excluding hydrogens is 380 g/mol. The third kappa shape index (κ3) is 3.13. The zero-order valence-electron chi connectivity index (χ0n) is 14.7. The summed E-state index contributed by atoms with van der Waals surface area (Å²) in [5.74, 6) is 2.08. The van der Waals surface area contributed by atoms with Crippen LogP contribution >= 0.6 is 15.9 Å². The second-order valence-corrected chi connectivity index (χ2v) is 7.59. The molecule has 4 rings (SSSR count). The molecule has 0 radical (unpaired) electrons. The summed E-state index contributed by atoms with van der Waals surface area (Å²) in [6.07, 6.45) is 4.15. The van der Waals surface area contributed by atoms with Crippen LogP contribution in [0.15, 0.2) is 22.9 Å². The van der Waals surface area contributed by atoms with Gasteiger partial charge in [-0.25, -0.2) is 14.5 Å². The van der Waals surface area contributed by atoms with Crippen molar-refractivity contribution in [3.8, 4) is 0 Å². The Hall–Kier alpha value is -2.02. The van der Waals surface area contributed by atoms with Gasteiger partial charge in [0.2, 0.25) is 0 Å². The molecule has 1 fully saturated rings. The van der Waals surface area contributed by atoms with Crippen molar-refractivity contribution in [2.75, 3.05) is 18.0 Å². The lowest BCUT2D eigenvalue weighted by atomic mass is 9.96. The molecule has 1 saturated heterocycles. The minimum atomic E-state index is 0.616. The molecule has 0 amide bonds. The number of anilines is 1. The first-order chi connectivity index (χ1) is 12.0. The lowest BCUT2D eigenvalue weighted by molar-refractivity contribution is 0.577. The van der Waals surface area contributed by atoms with Gasteiger partial charge >= 0.3 is 0 Å². The average molecular weight is 401 g/mol. The minimum Gasteiger partial charge on any atom is -0.370 e. The van der Waals surface area contributed by atoms with E-state index >= 15 is 0 Å². The zero-order valence-corrected chi connectivity index (χ0v) is 16.3. The number of hydrogen-bond acceptors (Lipinski definition) is 5. The van der Waals surface area contributed by atoms with Crippen molar-refractivity contribution in [2.45, 2.75) is 33.6 Å². The Bertz CT molecular complexity index is 917. The van der Waals surface area contributed by atoms with Crippen molar-refractivity contribution >= 4 is 27.4 Å². The summed E-state index contributed by atoms with van der Waals surface area (Å²) in [5, 5.41) is 4.48. The van der Waals surface area contributed by atoms with Crippen LogP contribution in [0.4, 0.5) is 5.69 Å². The van der Waals surface area contributed by atoms with Crippen molar-refractivity contribution in [2.24, 2.45) is 5.92 Å². The van der Waals surface area contributed by atoms with Crippen molar-refractivity contribution in [3.63, 3.8) is 0 Å². The number of aromatic nitrogens is 5. The summed E-state index contributed by atoms with van der Waals surface area (Å²) in [4.78, 5) is 15.8. The topological polar surface area (TPSA) is 59.2 Å². The summed E-state index contributed by atoms with van der Waals surface area (Å²) in [6.45, 7) is 8.24. The van der Waals surface area contributed by atoms with Gasteiger partial charge in [-0.15, -0.1) is 0 Å². The highest BCUT2D eigenvalue weighted by Crippen LogP contribution is 2.28. The van der Waals surface area contributed by atoms with E-state index in [0.29, 0.717) is 11.7 Å². The smallest absolute Gasteiger partial charge is 0.252 e. The Kier molecular flexibility index (Phi) is 4.19. The van der Waals surface area contributed by atoms with Crippen LogP contribution in [0.25, 0.3) is 5.78 Å². The first-order valence-corrected chi connectivity index (χ1v) is 9.36. The lowest BCUT2D eigenvalue weighted by Crippen LogP contribution is -2.21. The van der Waals surface area contributed by atoms with Gasteiger partial charge < -0.3 is 4.90 Å². The third-order valence-electron chi connectivity index (χ3n) is 5.01. The highest BCUT2D eigenvalue weighted by Gasteiger charge is 2.25. The van der Waals surface area contributed by atoms with E-state index in [2.05, 4.69) is 60.8 Å². The highest BCUT2D eigenvalue weighted by atomic mass is 79.9. The second kappa shape index (κ2) is 6.37. The van der Waals surface area contributed by atoms with Gasteiger partial charge in [-0.2, -0.15) is 10.1 Å². The summed E-state index contributed by atoms with van der Waals surface area (Å²) >= 11 is 3.40. The molecule has 0 aliphatic carbocycles. The Morgan fingerprint density at radius 1 is 1.20 bits per heavy atom. The van der Waals surface area contributed by atoms with Gasteiger partial charge in [-0.1, -0.05) is 0 Å². The fourth-order valence-electron chi connectivity index (χ4n) is 3.68. The van der Waals surface area contributed by atoms with E-state index in [4.69, 9.17) is 0 Å². The fraction of sp³-hybridized carbons (Fsp3) is 0.444. The molecule has 4 heterocycles. The molecule has 0 spiro atoms. The van der Waals surface area contributed by atoms with Crippen LogP contribution in [0.3, 0.4) is 0 Å². The normalized spacial score (nSPS) is 17.6. The number of hydrogen-bond donors (Lipinski definition) is 0. The molecule has 25 heavy (non-hydrogen) atoms. The standard InChI is InChI=1S/C18H21BrN6/c1-11-16(12(2)25-18(21-11)22-13(3)23-25)8-14-6-7-24(10-14)15-4-5-17(19)20-9-15/h4-5,9,14H,6-8,10H2,1-3H3. The predicted octanol–water partition coefficient (Wildman–Crippen LogP) is 3.28. The maximum atomic E-state index is 4.65. The molecule has 0 N–H and O–H groups in total. The lowest BCUT2D eigenvalue weighted by Gasteiger charge is -2.19. The first-order valence-electron chi connectivity index (χ1n) is 8.57. The number of aryl methyl sites for hydroxylation is 3. The number of halogens is 1. The molecule has 3 aromatic heterocycles. The molecule has 0 bridgehead atoms. The molecule has 1 atom stereocenters. The van der Waals surface area contributed by atoms with Crippen LogP contribution < -0.4 is 4.90 Å². The molecule has 7 heteroatoms. The molecule has 1 aliphatic heterocycles. The van der Waals surface area contributed by atoms with Crippen LogP contribution in [0.5, 0.6) is 0 Å². The largest absolute Gasteiger partial charge is 0.370 e. The molecule has 130 valence electrons. The van der Waals surface area contributed by atoms with E-state index in [-0.39, 0.29) is 0 Å². The van der Waals surface area contributed by atoms with Gasteiger partial charge in [-0.3, -0.25) is 0 Å². The van der Waals surface area contributed by atoms with Gasteiger partial charge in [0.15, 0.2) is 0 Å². The minimum absolute atomic E-state index is 0.616. The van der Waals surface area contributed by atoms with Gasteiger partial charge in [0, 0.05) is 24.5 Å². The molecule has 6 nitrogen and oxygen atoms in total. The monoisotopic (exact) mass is 400 g/mol. The van der Waals surface area contributed by atoms with Crippen molar-refractivity contribution in [1.82, 2.24) is 24.6 Å². The summed E-state index contributed by atoms with van der Waals surface area (Å²) < 4.78 is 2.75. The summed E-state index contributed by atoms with van der Waals surface area (Å²) in [7, 11) is 0. The van der Waals surface area contributed by atoms with E-state index in [1.165, 1.54) is 17.7 Å². The van der Waals surface area contributed by atoms with E-state index < -0.39 is 0 Å². The fourth-order valence-corrected chi connectivity index (χ4v) is 3.92. The zero-order chi connectivity index (χ0) is 17.6. The van der Waals surface area contributed by atoms with Crippen LogP contribution in [-0.2, 0) is 6.42 Å². The Morgan fingerprint density at radius 3 is 2.80 bits per heavy atom. The SMILES string of the molecule is Cc1nc2nc(C)c(CC3CCN(c4ccc(Br)nc4)C3)c(C)n2n1. The maximum Gasteiger partial charge on any atom is 0.252 e. The average Bonchev–Trinajstić information content (AvgIpc) is 3.18. The number of rotatable bonds is 3.